The topological polar surface area (TPSA) is 74.6 Å². The SMILES string of the molecule is O=C(O)C1/C(=C\CO)CC2CC(=O)C21. The summed E-state index contributed by atoms with van der Waals surface area (Å²) in [6.45, 7) is -0.146. The first-order valence-corrected chi connectivity index (χ1v) is 4.70. The van der Waals surface area contributed by atoms with E-state index in [-0.39, 0.29) is 24.2 Å². The van der Waals surface area contributed by atoms with Crippen LogP contribution >= 0.6 is 0 Å². The lowest BCUT2D eigenvalue weighted by Crippen LogP contribution is -2.39. The molecular formula is C10H12O4. The zero-order valence-electron chi connectivity index (χ0n) is 7.64. The van der Waals surface area contributed by atoms with Crippen LogP contribution in [-0.4, -0.2) is 28.6 Å². The van der Waals surface area contributed by atoms with Crippen molar-refractivity contribution in [2.75, 3.05) is 6.61 Å². The Bertz CT molecular complexity index is 318. The number of carboxylic acid groups (broad SMARTS) is 1. The Morgan fingerprint density at radius 2 is 2.21 bits per heavy atom. The van der Waals surface area contributed by atoms with Gasteiger partial charge in [-0.05, 0) is 12.3 Å². The van der Waals surface area contributed by atoms with Gasteiger partial charge in [-0.25, -0.2) is 0 Å². The van der Waals surface area contributed by atoms with Crippen LogP contribution in [0.1, 0.15) is 12.8 Å². The number of aliphatic hydroxyl groups excluding tert-OH is 1. The van der Waals surface area contributed by atoms with Gasteiger partial charge in [0, 0.05) is 12.3 Å². The molecule has 76 valence electrons. The van der Waals surface area contributed by atoms with Gasteiger partial charge in [0.05, 0.1) is 12.5 Å². The molecule has 0 aromatic carbocycles. The predicted octanol–water partition coefficient (Wildman–Crippen LogP) is 0.215. The second-order valence-corrected chi connectivity index (χ2v) is 3.94. The van der Waals surface area contributed by atoms with E-state index in [2.05, 4.69) is 0 Å². The molecule has 0 aliphatic heterocycles. The van der Waals surface area contributed by atoms with Gasteiger partial charge in [0.1, 0.15) is 5.78 Å². The summed E-state index contributed by atoms with van der Waals surface area (Å²) >= 11 is 0. The van der Waals surface area contributed by atoms with Crippen LogP contribution in [0.15, 0.2) is 11.6 Å². The molecule has 2 aliphatic carbocycles. The number of carbonyl (C=O) groups is 2. The summed E-state index contributed by atoms with van der Waals surface area (Å²) in [5, 5.41) is 17.7. The zero-order valence-corrected chi connectivity index (χ0v) is 7.64. The molecule has 0 heterocycles. The first-order valence-electron chi connectivity index (χ1n) is 4.70. The maximum Gasteiger partial charge on any atom is 0.311 e. The summed E-state index contributed by atoms with van der Waals surface area (Å²) in [6, 6.07) is 0. The first-order chi connectivity index (χ1) is 6.65. The van der Waals surface area contributed by atoms with Crippen molar-refractivity contribution in [2.24, 2.45) is 17.8 Å². The van der Waals surface area contributed by atoms with E-state index in [9.17, 15) is 9.59 Å². The Labute approximate surface area is 81.2 Å². The number of fused-ring (bicyclic) bond motifs is 1. The van der Waals surface area contributed by atoms with E-state index >= 15 is 0 Å². The monoisotopic (exact) mass is 196 g/mol. The molecule has 0 aromatic heterocycles. The number of ketones is 1. The van der Waals surface area contributed by atoms with Gasteiger partial charge in [-0.2, -0.15) is 0 Å². The van der Waals surface area contributed by atoms with Crippen molar-refractivity contribution < 1.29 is 19.8 Å². The van der Waals surface area contributed by atoms with E-state index in [1.54, 1.807) is 0 Å². The molecule has 0 aromatic rings. The normalized spacial score (nSPS) is 38.2. The lowest BCUT2D eigenvalue weighted by Gasteiger charge is -2.30. The predicted molar refractivity (Wildman–Crippen MR) is 47.5 cm³/mol. The molecule has 0 radical (unpaired) electrons. The number of carbonyl (C=O) groups excluding carboxylic acids is 1. The molecule has 2 N–H and O–H groups in total. The van der Waals surface area contributed by atoms with Crippen molar-refractivity contribution in [3.05, 3.63) is 11.6 Å². The van der Waals surface area contributed by atoms with Gasteiger partial charge in [0.2, 0.25) is 0 Å². The molecule has 0 bridgehead atoms. The van der Waals surface area contributed by atoms with Crippen molar-refractivity contribution in [3.8, 4) is 0 Å². The fourth-order valence-corrected chi connectivity index (χ4v) is 2.58. The van der Waals surface area contributed by atoms with E-state index in [0.29, 0.717) is 12.8 Å². The minimum absolute atomic E-state index is 0.0590. The average molecular weight is 196 g/mol. The lowest BCUT2D eigenvalue weighted by molar-refractivity contribution is -0.148. The Kier molecular flexibility index (Phi) is 2.15. The first kappa shape index (κ1) is 9.40. The van der Waals surface area contributed by atoms with Gasteiger partial charge in [0.25, 0.3) is 0 Å². The Morgan fingerprint density at radius 1 is 1.50 bits per heavy atom. The second kappa shape index (κ2) is 3.20. The molecule has 0 amide bonds. The van der Waals surface area contributed by atoms with Crippen molar-refractivity contribution in [2.45, 2.75) is 12.8 Å². The van der Waals surface area contributed by atoms with Crippen LogP contribution in [0.4, 0.5) is 0 Å². The molecule has 4 nitrogen and oxygen atoms in total. The summed E-state index contributed by atoms with van der Waals surface area (Å²) in [6.07, 6.45) is 2.70. The number of hydrogen-bond donors (Lipinski definition) is 2. The highest BCUT2D eigenvalue weighted by molar-refractivity contribution is 5.94. The quantitative estimate of drug-likeness (QED) is 0.619. The van der Waals surface area contributed by atoms with Crippen LogP contribution < -0.4 is 0 Å². The Balaban J connectivity index is 2.26. The van der Waals surface area contributed by atoms with Gasteiger partial charge in [-0.15, -0.1) is 0 Å². The van der Waals surface area contributed by atoms with Crippen LogP contribution in [0.3, 0.4) is 0 Å². The molecule has 3 atom stereocenters. The molecule has 0 saturated heterocycles. The van der Waals surface area contributed by atoms with Crippen LogP contribution in [0.2, 0.25) is 0 Å². The second-order valence-electron chi connectivity index (χ2n) is 3.94. The summed E-state index contributed by atoms with van der Waals surface area (Å²) in [5.74, 6) is -1.66. The number of aliphatic carboxylic acids is 1. The van der Waals surface area contributed by atoms with Crippen LogP contribution in [-0.2, 0) is 9.59 Å². The fourth-order valence-electron chi connectivity index (χ4n) is 2.58. The van der Waals surface area contributed by atoms with Crippen LogP contribution in [0, 0.1) is 17.8 Å². The zero-order chi connectivity index (χ0) is 10.3. The molecule has 2 saturated carbocycles. The third-order valence-corrected chi connectivity index (χ3v) is 3.22. The maximum absolute atomic E-state index is 11.2. The molecule has 14 heavy (non-hydrogen) atoms. The third-order valence-electron chi connectivity index (χ3n) is 3.22. The molecule has 2 fully saturated rings. The van der Waals surface area contributed by atoms with Crippen molar-refractivity contribution in [1.82, 2.24) is 0 Å². The number of Topliss-reactive ketones (excluding diaryl/α,β-unsaturated/α-hetero) is 1. The number of hydrogen-bond acceptors (Lipinski definition) is 3. The van der Waals surface area contributed by atoms with E-state index in [0.717, 1.165) is 5.57 Å². The molecular weight excluding hydrogens is 184 g/mol. The summed E-state index contributed by atoms with van der Waals surface area (Å²) in [5.41, 5.74) is 0.723. The molecule has 2 aliphatic rings. The number of carboxylic acids is 1. The minimum Gasteiger partial charge on any atom is -0.481 e. The lowest BCUT2D eigenvalue weighted by atomic mass is 9.71. The molecule has 3 unspecified atom stereocenters. The number of aliphatic hydroxyl groups is 1. The van der Waals surface area contributed by atoms with Gasteiger partial charge in [-0.3, -0.25) is 9.59 Å². The average Bonchev–Trinajstić information content (AvgIpc) is 2.39. The highest BCUT2D eigenvalue weighted by Crippen LogP contribution is 2.50. The molecule has 2 rings (SSSR count). The van der Waals surface area contributed by atoms with E-state index in [4.69, 9.17) is 10.2 Å². The van der Waals surface area contributed by atoms with Crippen LogP contribution in [0.25, 0.3) is 0 Å². The third kappa shape index (κ3) is 1.18. The van der Waals surface area contributed by atoms with Crippen molar-refractivity contribution in [3.63, 3.8) is 0 Å². The van der Waals surface area contributed by atoms with Gasteiger partial charge >= 0.3 is 5.97 Å². The smallest absolute Gasteiger partial charge is 0.311 e. The minimum atomic E-state index is -0.940. The van der Waals surface area contributed by atoms with E-state index < -0.39 is 11.9 Å². The largest absolute Gasteiger partial charge is 0.481 e. The Hall–Kier alpha value is -1.16. The highest BCUT2D eigenvalue weighted by atomic mass is 16.4. The van der Waals surface area contributed by atoms with Gasteiger partial charge < -0.3 is 10.2 Å². The fraction of sp³-hybridized carbons (Fsp3) is 0.600. The van der Waals surface area contributed by atoms with E-state index in [1.807, 2.05) is 0 Å². The van der Waals surface area contributed by atoms with Gasteiger partial charge in [0.15, 0.2) is 0 Å². The standard InChI is InChI=1S/C10H12O4/c11-2-1-5-3-6-4-7(12)8(6)9(5)10(13)14/h1,6,8-9,11H,2-4H2,(H,13,14)/b5-1-. The maximum atomic E-state index is 11.2. The Morgan fingerprint density at radius 3 is 2.71 bits per heavy atom. The van der Waals surface area contributed by atoms with Gasteiger partial charge in [-0.1, -0.05) is 11.6 Å². The summed E-state index contributed by atoms with van der Waals surface area (Å²) in [4.78, 5) is 22.2. The van der Waals surface area contributed by atoms with Crippen molar-refractivity contribution >= 4 is 11.8 Å². The summed E-state index contributed by atoms with van der Waals surface area (Å²) in [7, 11) is 0. The van der Waals surface area contributed by atoms with Crippen LogP contribution in [0.5, 0.6) is 0 Å². The molecule has 4 heteroatoms. The number of rotatable bonds is 2. The van der Waals surface area contributed by atoms with Crippen molar-refractivity contribution in [1.29, 1.82) is 0 Å². The van der Waals surface area contributed by atoms with E-state index in [1.165, 1.54) is 6.08 Å². The highest BCUT2D eigenvalue weighted by Gasteiger charge is 2.53. The summed E-state index contributed by atoms with van der Waals surface area (Å²) < 4.78 is 0. The molecule has 0 spiro atoms.